The molecule has 0 aliphatic carbocycles. The van der Waals surface area contributed by atoms with Crippen LogP contribution in [0.3, 0.4) is 0 Å². The summed E-state index contributed by atoms with van der Waals surface area (Å²) in [6, 6.07) is 11.8. The maximum absolute atomic E-state index is 4.94. The fraction of sp³-hybridized carbons (Fsp3) is 0.600. The van der Waals surface area contributed by atoms with Crippen molar-refractivity contribution in [2.75, 3.05) is 19.6 Å². The van der Waals surface area contributed by atoms with Gasteiger partial charge in [-0.25, -0.2) is 4.99 Å². The third-order valence-electron chi connectivity index (χ3n) is 6.47. The Kier molecular flexibility index (Phi) is 11.0. The molecule has 1 aliphatic heterocycles. The summed E-state index contributed by atoms with van der Waals surface area (Å²) < 4.78 is 2.02. The summed E-state index contributed by atoms with van der Waals surface area (Å²) >= 11 is 0. The molecule has 2 aromatic rings. The van der Waals surface area contributed by atoms with Crippen LogP contribution < -0.4 is 10.6 Å². The Morgan fingerprint density at radius 2 is 1.81 bits per heavy atom. The van der Waals surface area contributed by atoms with E-state index in [9.17, 15) is 0 Å². The maximum atomic E-state index is 4.94. The second kappa shape index (κ2) is 13.2. The predicted molar refractivity (Wildman–Crippen MR) is 145 cm³/mol. The van der Waals surface area contributed by atoms with Crippen LogP contribution in [0.1, 0.15) is 69.1 Å². The molecule has 1 aromatic carbocycles. The zero-order chi connectivity index (χ0) is 22.2. The number of aryl methyl sites for hydroxylation is 2. The third-order valence-corrected chi connectivity index (χ3v) is 6.47. The Hall–Kier alpha value is -1.61. The minimum atomic E-state index is 0. The van der Waals surface area contributed by atoms with Crippen LogP contribution in [0.15, 0.2) is 35.3 Å². The van der Waals surface area contributed by atoms with Crippen LogP contribution in [-0.4, -0.2) is 46.3 Å². The maximum Gasteiger partial charge on any atom is 0.191 e. The summed E-state index contributed by atoms with van der Waals surface area (Å²) in [5.74, 6) is 0.921. The van der Waals surface area contributed by atoms with Crippen LogP contribution in [0, 0.1) is 0 Å². The number of halogens is 1. The van der Waals surface area contributed by atoms with Crippen molar-refractivity contribution >= 4 is 29.9 Å². The highest BCUT2D eigenvalue weighted by atomic mass is 127. The number of aliphatic imine (C=N–C) groups is 1. The molecule has 0 saturated carbocycles. The lowest BCUT2D eigenvalue weighted by molar-refractivity contribution is 0.158. The quantitative estimate of drug-likeness (QED) is 0.289. The molecule has 6 nitrogen and oxygen atoms in total. The van der Waals surface area contributed by atoms with Crippen LogP contribution in [-0.2, 0) is 26.4 Å². The number of benzene rings is 1. The number of aromatic nitrogens is 2. The molecule has 1 saturated heterocycles. The van der Waals surface area contributed by atoms with E-state index >= 15 is 0 Å². The number of hydrogen-bond acceptors (Lipinski definition) is 3. The van der Waals surface area contributed by atoms with E-state index in [-0.39, 0.29) is 24.0 Å². The smallest absolute Gasteiger partial charge is 0.191 e. The van der Waals surface area contributed by atoms with Crippen molar-refractivity contribution in [2.45, 2.75) is 72.0 Å². The molecule has 1 fully saturated rings. The Morgan fingerprint density at radius 1 is 1.12 bits per heavy atom. The normalized spacial score (nSPS) is 16.5. The average molecular weight is 553 g/mol. The van der Waals surface area contributed by atoms with Gasteiger partial charge in [0.1, 0.15) is 0 Å². The Morgan fingerprint density at radius 3 is 2.41 bits per heavy atom. The van der Waals surface area contributed by atoms with Gasteiger partial charge in [0.15, 0.2) is 5.96 Å². The molecule has 1 unspecified atom stereocenters. The molecule has 0 bridgehead atoms. The van der Waals surface area contributed by atoms with E-state index in [1.54, 1.807) is 0 Å². The fourth-order valence-electron chi connectivity index (χ4n) is 4.62. The zero-order valence-electron chi connectivity index (χ0n) is 20.4. The van der Waals surface area contributed by atoms with Gasteiger partial charge >= 0.3 is 0 Å². The largest absolute Gasteiger partial charge is 0.357 e. The first kappa shape index (κ1) is 26.6. The van der Waals surface area contributed by atoms with Gasteiger partial charge in [0, 0.05) is 50.0 Å². The molecule has 1 aromatic heterocycles. The van der Waals surface area contributed by atoms with Gasteiger partial charge in [0.25, 0.3) is 0 Å². The molecule has 0 amide bonds. The van der Waals surface area contributed by atoms with Gasteiger partial charge < -0.3 is 10.6 Å². The second-order valence-electron chi connectivity index (χ2n) is 8.44. The molecule has 2 N–H and O–H groups in total. The number of nitrogens with one attached hydrogen (secondary N) is 2. The first-order chi connectivity index (χ1) is 15.1. The van der Waals surface area contributed by atoms with Crippen molar-refractivity contribution in [3.05, 3.63) is 52.8 Å². The highest BCUT2D eigenvalue weighted by molar-refractivity contribution is 14.0. The van der Waals surface area contributed by atoms with Crippen LogP contribution in [0.5, 0.6) is 0 Å². The molecule has 1 aliphatic rings. The van der Waals surface area contributed by atoms with Crippen LogP contribution in [0.2, 0.25) is 0 Å². The van der Waals surface area contributed by atoms with E-state index in [1.807, 2.05) is 11.7 Å². The predicted octanol–water partition coefficient (Wildman–Crippen LogP) is 4.44. The zero-order valence-corrected chi connectivity index (χ0v) is 22.7. The second-order valence-corrected chi connectivity index (χ2v) is 8.44. The minimum Gasteiger partial charge on any atom is -0.357 e. The van der Waals surface area contributed by atoms with Gasteiger partial charge in [-0.3, -0.25) is 9.58 Å². The lowest BCUT2D eigenvalue weighted by atomic mass is 10.0. The van der Waals surface area contributed by atoms with E-state index in [2.05, 4.69) is 73.6 Å². The van der Waals surface area contributed by atoms with Gasteiger partial charge in [0.05, 0.1) is 12.2 Å². The van der Waals surface area contributed by atoms with E-state index in [0.29, 0.717) is 18.6 Å². The molecule has 7 heteroatoms. The number of likely N-dealkylation sites (tertiary alicyclic amines) is 1. The topological polar surface area (TPSA) is 57.5 Å². The van der Waals surface area contributed by atoms with Gasteiger partial charge in [-0.2, -0.15) is 5.10 Å². The van der Waals surface area contributed by atoms with Crippen LogP contribution >= 0.6 is 24.0 Å². The van der Waals surface area contributed by atoms with Crippen molar-refractivity contribution < 1.29 is 0 Å². The van der Waals surface area contributed by atoms with Crippen molar-refractivity contribution in [3.8, 4) is 0 Å². The molecule has 1 atom stereocenters. The van der Waals surface area contributed by atoms with Crippen molar-refractivity contribution in [1.82, 2.24) is 25.3 Å². The number of rotatable bonds is 8. The van der Waals surface area contributed by atoms with Crippen molar-refractivity contribution in [1.29, 1.82) is 0 Å². The van der Waals surface area contributed by atoms with Gasteiger partial charge in [0.2, 0.25) is 0 Å². The highest BCUT2D eigenvalue weighted by Crippen LogP contribution is 2.24. The summed E-state index contributed by atoms with van der Waals surface area (Å²) in [4.78, 5) is 7.53. The summed E-state index contributed by atoms with van der Waals surface area (Å²) in [7, 11) is 2.04. The van der Waals surface area contributed by atoms with Crippen molar-refractivity contribution in [2.24, 2.45) is 12.0 Å². The van der Waals surface area contributed by atoms with Gasteiger partial charge in [-0.05, 0) is 45.1 Å². The van der Waals surface area contributed by atoms with Crippen molar-refractivity contribution in [3.63, 3.8) is 0 Å². The van der Waals surface area contributed by atoms with Gasteiger partial charge in [-0.1, -0.05) is 44.2 Å². The highest BCUT2D eigenvalue weighted by Gasteiger charge is 2.24. The summed E-state index contributed by atoms with van der Waals surface area (Å²) in [6.07, 6.45) is 4.20. The fourth-order valence-corrected chi connectivity index (χ4v) is 4.62. The SMILES string of the molecule is CCNC(=NCc1c(CC)nn(C)c1CC)NC1CCN(C(C)c2ccccc2)CC1.I. The molecule has 0 spiro atoms. The number of guanidine groups is 1. The Balaban J connectivity index is 0.00000363. The minimum absolute atomic E-state index is 0. The van der Waals surface area contributed by atoms with E-state index in [1.165, 1.54) is 22.5 Å². The van der Waals surface area contributed by atoms with E-state index < -0.39 is 0 Å². The standard InChI is InChI=1S/C25H40N6.HI/c1-6-23-22(24(7-2)30(5)29-23)18-27-25(26-8-3)28-21-14-16-31(17-15-21)19(4)20-12-10-9-11-13-20;/h9-13,19,21H,6-8,14-18H2,1-5H3,(H2,26,27,28);1H. The first-order valence-electron chi connectivity index (χ1n) is 11.9. The lowest BCUT2D eigenvalue weighted by Crippen LogP contribution is -2.49. The molecule has 32 heavy (non-hydrogen) atoms. The Bertz CT molecular complexity index is 840. The number of hydrogen-bond donors (Lipinski definition) is 2. The molecule has 2 heterocycles. The summed E-state index contributed by atoms with van der Waals surface area (Å²) in [5.41, 5.74) is 5.15. The molecule has 0 radical (unpaired) electrons. The summed E-state index contributed by atoms with van der Waals surface area (Å²) in [6.45, 7) is 12.6. The summed E-state index contributed by atoms with van der Waals surface area (Å²) in [5, 5.41) is 11.8. The Labute approximate surface area is 211 Å². The van der Waals surface area contributed by atoms with Gasteiger partial charge in [-0.15, -0.1) is 24.0 Å². The number of nitrogens with zero attached hydrogens (tertiary/aromatic N) is 4. The first-order valence-corrected chi connectivity index (χ1v) is 11.9. The monoisotopic (exact) mass is 552 g/mol. The van der Waals surface area contributed by atoms with Crippen LogP contribution in [0.25, 0.3) is 0 Å². The molecule has 178 valence electrons. The molecule has 3 rings (SSSR count). The lowest BCUT2D eigenvalue weighted by Gasteiger charge is -2.37. The average Bonchev–Trinajstić information content (AvgIpc) is 3.12. The molecular formula is C25H41IN6. The van der Waals surface area contributed by atoms with E-state index in [0.717, 1.165) is 51.3 Å². The van der Waals surface area contributed by atoms with Crippen LogP contribution in [0.4, 0.5) is 0 Å². The third kappa shape index (κ3) is 6.70. The number of piperidine rings is 1. The van der Waals surface area contributed by atoms with E-state index in [4.69, 9.17) is 10.1 Å². The molecular weight excluding hydrogens is 511 g/mol.